The Morgan fingerprint density at radius 3 is 2.67 bits per heavy atom. The summed E-state index contributed by atoms with van der Waals surface area (Å²) in [5.41, 5.74) is 1.48. The fourth-order valence-corrected chi connectivity index (χ4v) is 4.14. The minimum Gasteiger partial charge on any atom is -0.487 e. The summed E-state index contributed by atoms with van der Waals surface area (Å²) in [7, 11) is 0. The predicted molar refractivity (Wildman–Crippen MR) is 123 cm³/mol. The lowest BCUT2D eigenvalue weighted by Crippen LogP contribution is -2.48. The molecule has 172 valence electrons. The Hall–Kier alpha value is -3.61. The number of aryl methyl sites for hydroxylation is 1. The standard InChI is InChI=1S/C26H28N2O5/c1-17-21(27-23(33-17)18-9-5-4-6-10-18)16-32-20-12-7-11-19(15-20)26(2,3)25(31)28-14-8-13-22(28)24(29)30/h4-7,9-12,15,22H,8,13-14,16H2,1-3H3,(H,29,30)/t22-/m0/s1. The summed E-state index contributed by atoms with van der Waals surface area (Å²) in [6.07, 6.45) is 1.19. The number of aromatic nitrogens is 1. The summed E-state index contributed by atoms with van der Waals surface area (Å²) in [6, 6.07) is 16.3. The van der Waals surface area contributed by atoms with E-state index in [1.165, 1.54) is 4.90 Å². The van der Waals surface area contributed by atoms with Crippen molar-refractivity contribution in [1.82, 2.24) is 9.88 Å². The van der Waals surface area contributed by atoms with Gasteiger partial charge < -0.3 is 19.2 Å². The van der Waals surface area contributed by atoms with Crippen LogP contribution in [0.25, 0.3) is 11.5 Å². The quantitative estimate of drug-likeness (QED) is 0.569. The maximum atomic E-state index is 13.3. The molecular formula is C26H28N2O5. The first-order valence-corrected chi connectivity index (χ1v) is 11.1. The number of benzene rings is 2. The number of aliphatic carboxylic acids is 1. The molecule has 1 aliphatic heterocycles. The molecule has 2 aromatic carbocycles. The first kappa shape index (κ1) is 22.6. The van der Waals surface area contributed by atoms with E-state index in [1.54, 1.807) is 0 Å². The molecule has 0 aliphatic carbocycles. The molecular weight excluding hydrogens is 420 g/mol. The molecule has 1 N–H and O–H groups in total. The van der Waals surface area contributed by atoms with E-state index in [2.05, 4.69) is 4.98 Å². The number of hydrogen-bond acceptors (Lipinski definition) is 5. The minimum absolute atomic E-state index is 0.190. The number of hydrogen-bond donors (Lipinski definition) is 1. The van der Waals surface area contributed by atoms with Crippen LogP contribution >= 0.6 is 0 Å². The molecule has 1 saturated heterocycles. The summed E-state index contributed by atoms with van der Waals surface area (Å²) in [5.74, 6) is 0.698. The van der Waals surface area contributed by atoms with Crippen LogP contribution in [0.1, 0.15) is 43.7 Å². The molecule has 0 radical (unpaired) electrons. The molecule has 0 unspecified atom stereocenters. The number of nitrogens with zero attached hydrogens (tertiary/aromatic N) is 2. The number of carboxylic acids is 1. The Kier molecular flexibility index (Phi) is 6.22. The van der Waals surface area contributed by atoms with Gasteiger partial charge in [0.1, 0.15) is 29.9 Å². The molecule has 0 saturated carbocycles. The first-order valence-electron chi connectivity index (χ1n) is 11.1. The summed E-state index contributed by atoms with van der Waals surface area (Å²) in [5, 5.41) is 9.46. The van der Waals surface area contributed by atoms with Gasteiger partial charge in [-0.15, -0.1) is 0 Å². The van der Waals surface area contributed by atoms with Crippen molar-refractivity contribution in [2.75, 3.05) is 6.54 Å². The van der Waals surface area contributed by atoms with E-state index in [1.807, 2.05) is 75.4 Å². The van der Waals surface area contributed by atoms with Crippen molar-refractivity contribution in [3.8, 4) is 17.2 Å². The van der Waals surface area contributed by atoms with Crippen molar-refractivity contribution < 1.29 is 23.8 Å². The Balaban J connectivity index is 1.49. The number of ether oxygens (including phenoxy) is 1. The topological polar surface area (TPSA) is 92.9 Å². The Morgan fingerprint density at radius 1 is 1.18 bits per heavy atom. The summed E-state index contributed by atoms with van der Waals surface area (Å²) < 4.78 is 11.8. The first-order chi connectivity index (χ1) is 15.8. The van der Waals surface area contributed by atoms with Crippen LogP contribution in [0.3, 0.4) is 0 Å². The summed E-state index contributed by atoms with van der Waals surface area (Å²) in [4.78, 5) is 30.9. The fraction of sp³-hybridized carbons (Fsp3) is 0.346. The molecule has 3 aromatic rings. The van der Waals surface area contributed by atoms with Crippen LogP contribution in [0.15, 0.2) is 59.0 Å². The highest BCUT2D eigenvalue weighted by molar-refractivity contribution is 5.91. The Morgan fingerprint density at radius 2 is 1.94 bits per heavy atom. The average molecular weight is 449 g/mol. The average Bonchev–Trinajstić information content (AvgIpc) is 3.45. The van der Waals surface area contributed by atoms with Crippen molar-refractivity contribution in [3.05, 3.63) is 71.6 Å². The van der Waals surface area contributed by atoms with Crippen molar-refractivity contribution >= 4 is 11.9 Å². The molecule has 1 amide bonds. The van der Waals surface area contributed by atoms with Gasteiger partial charge >= 0.3 is 5.97 Å². The minimum atomic E-state index is -0.952. The largest absolute Gasteiger partial charge is 0.487 e. The van der Waals surface area contributed by atoms with E-state index in [-0.39, 0.29) is 12.5 Å². The second-order valence-corrected chi connectivity index (χ2v) is 8.82. The molecule has 7 heteroatoms. The molecule has 0 spiro atoms. The van der Waals surface area contributed by atoms with E-state index in [4.69, 9.17) is 9.15 Å². The predicted octanol–water partition coefficient (Wildman–Crippen LogP) is 4.58. The van der Waals surface area contributed by atoms with Crippen LogP contribution in [-0.2, 0) is 21.6 Å². The molecule has 2 heterocycles. The molecule has 1 fully saturated rings. The van der Waals surface area contributed by atoms with Crippen LogP contribution in [0.2, 0.25) is 0 Å². The van der Waals surface area contributed by atoms with Crippen molar-refractivity contribution in [2.45, 2.75) is 51.7 Å². The Labute approximate surface area is 193 Å². The van der Waals surface area contributed by atoms with Gasteiger partial charge in [0, 0.05) is 12.1 Å². The van der Waals surface area contributed by atoms with E-state index in [0.29, 0.717) is 42.5 Å². The zero-order chi connectivity index (χ0) is 23.6. The van der Waals surface area contributed by atoms with Gasteiger partial charge in [-0.3, -0.25) is 4.79 Å². The number of oxazole rings is 1. The number of carbonyl (C=O) groups excluding carboxylic acids is 1. The smallest absolute Gasteiger partial charge is 0.326 e. The third-order valence-electron chi connectivity index (χ3n) is 6.18. The molecule has 1 aliphatic rings. The lowest BCUT2D eigenvalue weighted by molar-refractivity contribution is -0.150. The maximum Gasteiger partial charge on any atom is 0.326 e. The lowest BCUT2D eigenvalue weighted by Gasteiger charge is -2.32. The van der Waals surface area contributed by atoms with Crippen molar-refractivity contribution in [3.63, 3.8) is 0 Å². The van der Waals surface area contributed by atoms with Crippen molar-refractivity contribution in [1.29, 1.82) is 0 Å². The monoisotopic (exact) mass is 448 g/mol. The zero-order valence-electron chi connectivity index (χ0n) is 19.1. The normalized spacial score (nSPS) is 16.1. The van der Waals surface area contributed by atoms with Gasteiger partial charge in [-0.05, 0) is 63.4 Å². The van der Waals surface area contributed by atoms with Gasteiger partial charge in [0.15, 0.2) is 0 Å². The van der Waals surface area contributed by atoms with Gasteiger partial charge in [-0.25, -0.2) is 9.78 Å². The fourth-order valence-electron chi connectivity index (χ4n) is 4.14. The van der Waals surface area contributed by atoms with Gasteiger partial charge in [0.2, 0.25) is 11.8 Å². The second kappa shape index (κ2) is 9.10. The molecule has 0 bridgehead atoms. The highest BCUT2D eigenvalue weighted by atomic mass is 16.5. The van der Waals surface area contributed by atoms with E-state index >= 15 is 0 Å². The van der Waals surface area contributed by atoms with Crippen molar-refractivity contribution in [2.24, 2.45) is 0 Å². The van der Waals surface area contributed by atoms with Crippen LogP contribution in [-0.4, -0.2) is 39.5 Å². The van der Waals surface area contributed by atoms with Gasteiger partial charge in [-0.1, -0.05) is 30.3 Å². The van der Waals surface area contributed by atoms with Crippen LogP contribution in [0, 0.1) is 6.92 Å². The highest BCUT2D eigenvalue weighted by Crippen LogP contribution is 2.32. The zero-order valence-corrected chi connectivity index (χ0v) is 19.1. The number of rotatable bonds is 7. The maximum absolute atomic E-state index is 13.3. The molecule has 4 rings (SSSR count). The highest BCUT2D eigenvalue weighted by Gasteiger charge is 2.41. The number of carbonyl (C=O) groups is 2. The van der Waals surface area contributed by atoms with E-state index in [9.17, 15) is 14.7 Å². The summed E-state index contributed by atoms with van der Waals surface area (Å²) in [6.45, 7) is 6.18. The molecule has 1 atom stereocenters. The molecule has 7 nitrogen and oxygen atoms in total. The summed E-state index contributed by atoms with van der Waals surface area (Å²) >= 11 is 0. The number of amides is 1. The number of carboxylic acid groups (broad SMARTS) is 1. The van der Waals surface area contributed by atoms with Gasteiger partial charge in [0.05, 0.1) is 5.41 Å². The van der Waals surface area contributed by atoms with Gasteiger partial charge in [0.25, 0.3) is 0 Å². The van der Waals surface area contributed by atoms with Crippen LogP contribution in [0.4, 0.5) is 0 Å². The SMILES string of the molecule is Cc1oc(-c2ccccc2)nc1COc1cccc(C(C)(C)C(=O)N2CCC[C@H]2C(=O)O)c1. The molecule has 33 heavy (non-hydrogen) atoms. The van der Waals surface area contributed by atoms with Crippen LogP contribution < -0.4 is 4.74 Å². The molecule has 1 aromatic heterocycles. The number of likely N-dealkylation sites (tertiary alicyclic amines) is 1. The van der Waals surface area contributed by atoms with E-state index < -0.39 is 17.4 Å². The van der Waals surface area contributed by atoms with E-state index in [0.717, 1.165) is 11.1 Å². The van der Waals surface area contributed by atoms with Gasteiger partial charge in [-0.2, -0.15) is 0 Å². The lowest BCUT2D eigenvalue weighted by atomic mass is 9.83. The van der Waals surface area contributed by atoms with Crippen LogP contribution in [0.5, 0.6) is 5.75 Å². The third-order valence-corrected chi connectivity index (χ3v) is 6.18. The Bertz CT molecular complexity index is 1150. The third kappa shape index (κ3) is 4.62. The second-order valence-electron chi connectivity index (χ2n) is 8.82.